The monoisotopic (exact) mass is 507 g/mol. The first-order valence-corrected chi connectivity index (χ1v) is 14.7. The summed E-state index contributed by atoms with van der Waals surface area (Å²) >= 11 is 0. The Bertz CT molecular complexity index is 1240. The molecule has 1 aliphatic rings. The number of sulfonamides is 2. The predicted molar refractivity (Wildman–Crippen MR) is 135 cm³/mol. The van der Waals surface area contributed by atoms with Crippen LogP contribution in [-0.4, -0.2) is 58.3 Å². The number of nitrogens with one attached hydrogen (secondary N) is 2. The molecule has 34 heavy (non-hydrogen) atoms. The van der Waals surface area contributed by atoms with Crippen molar-refractivity contribution in [3.63, 3.8) is 0 Å². The number of rotatable bonds is 8. The zero-order valence-electron chi connectivity index (χ0n) is 20.1. The van der Waals surface area contributed by atoms with E-state index in [-0.39, 0.29) is 17.7 Å². The number of likely N-dealkylation sites (tertiary alicyclic amines) is 1. The summed E-state index contributed by atoms with van der Waals surface area (Å²) in [5, 5.41) is -0.571. The van der Waals surface area contributed by atoms with Gasteiger partial charge in [-0.25, -0.2) is 21.6 Å². The van der Waals surface area contributed by atoms with E-state index in [0.29, 0.717) is 18.8 Å². The van der Waals surface area contributed by atoms with Crippen molar-refractivity contribution in [1.29, 1.82) is 0 Å². The minimum absolute atomic E-state index is 0.00283. The lowest BCUT2D eigenvalue weighted by atomic mass is 9.93. The van der Waals surface area contributed by atoms with Gasteiger partial charge < -0.3 is 4.90 Å². The first-order chi connectivity index (χ1) is 15.8. The van der Waals surface area contributed by atoms with Crippen LogP contribution >= 0.6 is 0 Å². The molecule has 2 aromatic rings. The van der Waals surface area contributed by atoms with Crippen LogP contribution in [0.4, 0.5) is 5.69 Å². The van der Waals surface area contributed by atoms with E-state index in [0.717, 1.165) is 22.9 Å². The Hall–Kier alpha value is -2.43. The van der Waals surface area contributed by atoms with Crippen LogP contribution in [0.25, 0.3) is 11.1 Å². The Balaban J connectivity index is 1.88. The minimum atomic E-state index is -3.51. The number of carbonyl (C=O) groups excluding carboxylic acids is 1. The Morgan fingerprint density at radius 1 is 0.941 bits per heavy atom. The zero-order chi connectivity index (χ0) is 25.3. The maximum atomic E-state index is 12.6. The number of amides is 1. The molecule has 1 fully saturated rings. The summed E-state index contributed by atoms with van der Waals surface area (Å²) in [6, 6.07) is 14.4. The number of hydrogen-bond acceptors (Lipinski definition) is 5. The number of benzene rings is 2. The number of carbonyl (C=O) groups is 1. The fraction of sp³-hybridized carbons (Fsp3) is 0.458. The second-order valence-corrected chi connectivity index (χ2v) is 13.4. The van der Waals surface area contributed by atoms with E-state index in [1.807, 2.05) is 44.2 Å². The van der Waals surface area contributed by atoms with E-state index in [1.54, 1.807) is 36.9 Å². The van der Waals surface area contributed by atoms with Crippen LogP contribution in [0.15, 0.2) is 48.5 Å². The van der Waals surface area contributed by atoms with Gasteiger partial charge in [0.2, 0.25) is 26.0 Å². The summed E-state index contributed by atoms with van der Waals surface area (Å²) in [4.78, 5) is 14.4. The van der Waals surface area contributed by atoms with Crippen LogP contribution in [0.1, 0.15) is 39.2 Å². The minimum Gasteiger partial charge on any atom is -0.340 e. The molecule has 0 spiro atoms. The molecular weight excluding hydrogens is 474 g/mol. The van der Waals surface area contributed by atoms with Crippen LogP contribution in [0.3, 0.4) is 0 Å². The topological polar surface area (TPSA) is 113 Å². The molecule has 186 valence electrons. The molecule has 0 bridgehead atoms. The van der Waals surface area contributed by atoms with E-state index in [9.17, 15) is 21.6 Å². The van der Waals surface area contributed by atoms with Gasteiger partial charge in [-0.15, -0.1) is 0 Å². The highest BCUT2D eigenvalue weighted by atomic mass is 32.2. The van der Waals surface area contributed by atoms with Crippen LogP contribution in [0.5, 0.6) is 0 Å². The molecule has 0 radical (unpaired) electrons. The molecule has 0 aliphatic carbocycles. The van der Waals surface area contributed by atoms with E-state index in [2.05, 4.69) is 9.44 Å². The summed E-state index contributed by atoms with van der Waals surface area (Å²) in [5.74, 6) is -0.345. The zero-order valence-corrected chi connectivity index (χ0v) is 21.8. The Morgan fingerprint density at radius 3 is 2.15 bits per heavy atom. The van der Waals surface area contributed by atoms with Gasteiger partial charge in [0.1, 0.15) is 0 Å². The molecule has 1 heterocycles. The van der Waals surface area contributed by atoms with Gasteiger partial charge in [0, 0.05) is 36.7 Å². The maximum absolute atomic E-state index is 12.6. The average molecular weight is 508 g/mol. The normalized spacial score (nSPS) is 19.1. The summed E-state index contributed by atoms with van der Waals surface area (Å²) in [6.45, 7) is 7.70. The predicted octanol–water partition coefficient (Wildman–Crippen LogP) is 3.00. The van der Waals surface area contributed by atoms with Crippen molar-refractivity contribution >= 4 is 31.6 Å². The largest absolute Gasteiger partial charge is 0.340 e. The van der Waals surface area contributed by atoms with Gasteiger partial charge >= 0.3 is 0 Å². The van der Waals surface area contributed by atoms with Gasteiger partial charge in [-0.05, 0) is 42.7 Å². The van der Waals surface area contributed by atoms with Gasteiger partial charge in [-0.1, -0.05) is 50.2 Å². The molecule has 1 aliphatic heterocycles. The molecule has 1 saturated heterocycles. The summed E-state index contributed by atoms with van der Waals surface area (Å²) in [5.41, 5.74) is 3.16. The number of nitrogens with zero attached hydrogens (tertiary/aromatic N) is 1. The third-order valence-corrected chi connectivity index (χ3v) is 8.38. The molecule has 1 amide bonds. The summed E-state index contributed by atoms with van der Waals surface area (Å²) in [6.07, 6.45) is 1.10. The van der Waals surface area contributed by atoms with Gasteiger partial charge in [0.25, 0.3) is 0 Å². The SMILES string of the molecule is CC(C)C(=O)N1CC(NS(=O)(=O)C(C)C)C(c2ccc(-c3cccc(NS(C)(=O)=O)c3)cc2)C1. The van der Waals surface area contributed by atoms with Gasteiger partial charge in [-0.2, -0.15) is 0 Å². The molecular formula is C24H33N3O5S2. The highest BCUT2D eigenvalue weighted by molar-refractivity contribution is 7.92. The average Bonchev–Trinajstić information content (AvgIpc) is 3.15. The maximum Gasteiger partial charge on any atom is 0.229 e. The molecule has 8 nitrogen and oxygen atoms in total. The second kappa shape index (κ2) is 10.1. The van der Waals surface area contributed by atoms with Crippen molar-refractivity contribution in [2.24, 2.45) is 5.92 Å². The van der Waals surface area contributed by atoms with Crippen molar-refractivity contribution in [3.8, 4) is 11.1 Å². The van der Waals surface area contributed by atoms with Crippen LogP contribution in [0, 0.1) is 5.92 Å². The van der Waals surface area contributed by atoms with Crippen molar-refractivity contribution in [2.75, 3.05) is 24.1 Å². The Morgan fingerprint density at radius 2 is 1.59 bits per heavy atom. The molecule has 0 aromatic heterocycles. The van der Waals surface area contributed by atoms with Gasteiger partial charge in [0.05, 0.1) is 11.5 Å². The summed E-state index contributed by atoms with van der Waals surface area (Å²) in [7, 11) is -6.88. The van der Waals surface area contributed by atoms with E-state index in [1.165, 1.54) is 0 Å². The second-order valence-electron chi connectivity index (χ2n) is 9.40. The first-order valence-electron chi connectivity index (χ1n) is 11.2. The fourth-order valence-corrected chi connectivity index (χ4v) is 5.54. The summed E-state index contributed by atoms with van der Waals surface area (Å²) < 4.78 is 53.5. The van der Waals surface area contributed by atoms with Crippen LogP contribution in [0.2, 0.25) is 0 Å². The third kappa shape index (κ3) is 6.37. The highest BCUT2D eigenvalue weighted by Crippen LogP contribution is 2.32. The lowest BCUT2D eigenvalue weighted by Crippen LogP contribution is -2.43. The van der Waals surface area contributed by atoms with Gasteiger partial charge in [-0.3, -0.25) is 9.52 Å². The molecule has 2 aromatic carbocycles. The Kier molecular flexibility index (Phi) is 7.74. The first kappa shape index (κ1) is 26.2. The lowest BCUT2D eigenvalue weighted by molar-refractivity contribution is -0.133. The number of anilines is 1. The number of hydrogen-bond donors (Lipinski definition) is 2. The quantitative estimate of drug-likeness (QED) is 0.570. The molecule has 2 atom stereocenters. The van der Waals surface area contributed by atoms with Crippen molar-refractivity contribution in [2.45, 2.75) is 44.9 Å². The lowest BCUT2D eigenvalue weighted by Gasteiger charge is -2.21. The fourth-order valence-electron chi connectivity index (χ4n) is 4.05. The van der Waals surface area contributed by atoms with E-state index < -0.39 is 31.3 Å². The standard InChI is InChI=1S/C24H33N3O5S2/c1-16(2)24(28)27-14-22(23(15-27)26-34(31,32)17(3)4)19-11-9-18(10-12-19)20-7-6-8-21(13-20)25-33(5,29)30/h6-13,16-17,22-23,25-26H,14-15H2,1-5H3. The van der Waals surface area contributed by atoms with E-state index in [4.69, 9.17) is 0 Å². The van der Waals surface area contributed by atoms with Gasteiger partial charge in [0.15, 0.2) is 0 Å². The third-order valence-electron chi connectivity index (χ3n) is 5.90. The van der Waals surface area contributed by atoms with Crippen molar-refractivity contribution in [3.05, 3.63) is 54.1 Å². The van der Waals surface area contributed by atoms with E-state index >= 15 is 0 Å². The molecule has 0 saturated carbocycles. The van der Waals surface area contributed by atoms with Crippen LogP contribution in [-0.2, 0) is 24.8 Å². The molecule has 2 N–H and O–H groups in total. The molecule has 10 heteroatoms. The van der Waals surface area contributed by atoms with Crippen LogP contribution < -0.4 is 9.44 Å². The smallest absolute Gasteiger partial charge is 0.229 e. The Labute approximate surface area is 202 Å². The molecule has 3 rings (SSSR count). The molecule has 2 unspecified atom stereocenters. The van der Waals surface area contributed by atoms with Crippen molar-refractivity contribution in [1.82, 2.24) is 9.62 Å². The van der Waals surface area contributed by atoms with Crippen molar-refractivity contribution < 1.29 is 21.6 Å². The highest BCUT2D eigenvalue weighted by Gasteiger charge is 2.39.